The normalized spacial score (nSPS) is 10.7. The van der Waals surface area contributed by atoms with Crippen LogP contribution in [0.4, 0.5) is 0 Å². The van der Waals surface area contributed by atoms with Gasteiger partial charge in [0.15, 0.2) is 5.78 Å². The summed E-state index contributed by atoms with van der Waals surface area (Å²) >= 11 is 1.77. The number of carbonyl (C=O) groups is 1. The molecule has 0 unspecified atom stereocenters. The van der Waals surface area contributed by atoms with E-state index in [9.17, 15) is 4.79 Å². The summed E-state index contributed by atoms with van der Waals surface area (Å²) in [7, 11) is 0. The third kappa shape index (κ3) is 3.70. The molecule has 0 aliphatic heterocycles. The number of Topliss-reactive ketones (excluding diaryl/α,β-unsaturated/α-hetero) is 1. The van der Waals surface area contributed by atoms with E-state index in [4.69, 9.17) is 0 Å². The number of benzene rings is 1. The van der Waals surface area contributed by atoms with Crippen LogP contribution in [0.15, 0.2) is 35.5 Å². The third-order valence-electron chi connectivity index (χ3n) is 2.94. The van der Waals surface area contributed by atoms with Gasteiger partial charge in [-0.2, -0.15) is 5.10 Å². The molecule has 0 atom stereocenters. The summed E-state index contributed by atoms with van der Waals surface area (Å²) < 4.78 is 1.80. The minimum Gasteiger partial charge on any atom is -0.294 e. The zero-order valence-electron chi connectivity index (χ0n) is 11.9. The maximum absolute atomic E-state index is 12.2. The molecular formula is C15H19N3OS. The average molecular weight is 289 g/mol. The predicted molar refractivity (Wildman–Crippen MR) is 81.2 cm³/mol. The molecule has 2 rings (SSSR count). The molecule has 0 saturated carbocycles. The molecule has 0 bridgehead atoms. The van der Waals surface area contributed by atoms with Crippen molar-refractivity contribution in [2.24, 2.45) is 0 Å². The number of thioether (sulfide) groups is 1. The van der Waals surface area contributed by atoms with Crippen molar-refractivity contribution in [3.05, 3.63) is 42.0 Å². The van der Waals surface area contributed by atoms with Gasteiger partial charge in [-0.05, 0) is 24.3 Å². The number of ketones is 1. The Hall–Kier alpha value is -1.62. The van der Waals surface area contributed by atoms with Crippen LogP contribution in [0.25, 0.3) is 0 Å². The molecule has 0 N–H and O–H groups in total. The lowest BCUT2D eigenvalue weighted by Crippen LogP contribution is -2.11. The highest BCUT2D eigenvalue weighted by Gasteiger charge is 2.11. The number of aromatic nitrogens is 3. The summed E-state index contributed by atoms with van der Waals surface area (Å²) in [5, 5.41) is 4.14. The van der Waals surface area contributed by atoms with Gasteiger partial charge in [0.1, 0.15) is 12.2 Å². The molecule has 1 aromatic heterocycles. The van der Waals surface area contributed by atoms with Gasteiger partial charge >= 0.3 is 0 Å². The first-order valence-electron chi connectivity index (χ1n) is 6.87. The summed E-state index contributed by atoms with van der Waals surface area (Å²) in [6.07, 6.45) is 2.80. The fraction of sp³-hybridized carbons (Fsp3) is 0.400. The Labute approximate surface area is 123 Å². The predicted octanol–water partition coefficient (Wildman–Crippen LogP) is 3.23. The van der Waals surface area contributed by atoms with Crippen LogP contribution in [0.1, 0.15) is 36.5 Å². The van der Waals surface area contributed by atoms with E-state index in [1.54, 1.807) is 16.4 Å². The van der Waals surface area contributed by atoms with Crippen LogP contribution < -0.4 is 0 Å². The maximum atomic E-state index is 12.2. The molecule has 20 heavy (non-hydrogen) atoms. The first kappa shape index (κ1) is 14.8. The molecule has 0 radical (unpaired) electrons. The minimum absolute atomic E-state index is 0.0865. The van der Waals surface area contributed by atoms with Crippen molar-refractivity contribution in [1.29, 1.82) is 0 Å². The Bertz CT molecular complexity index is 563. The van der Waals surface area contributed by atoms with Crippen LogP contribution in [-0.4, -0.2) is 26.3 Å². The maximum Gasteiger partial charge on any atom is 0.170 e. The van der Waals surface area contributed by atoms with Crippen molar-refractivity contribution in [3.63, 3.8) is 0 Å². The molecular weight excluding hydrogens is 270 g/mol. The molecule has 0 aliphatic rings. The van der Waals surface area contributed by atoms with E-state index in [-0.39, 0.29) is 5.78 Å². The molecule has 0 aliphatic carbocycles. The Morgan fingerprint density at radius 1 is 1.25 bits per heavy atom. The van der Waals surface area contributed by atoms with Gasteiger partial charge in [0.05, 0.1) is 6.42 Å². The van der Waals surface area contributed by atoms with Crippen molar-refractivity contribution in [2.45, 2.75) is 38.1 Å². The molecule has 1 aromatic carbocycles. The molecule has 1 heterocycles. The molecule has 5 heteroatoms. The first-order chi connectivity index (χ1) is 9.74. The molecule has 2 aromatic rings. The summed E-state index contributed by atoms with van der Waals surface area (Å²) in [5.41, 5.74) is 0.733. The Kier molecular flexibility index (Phi) is 5.35. The van der Waals surface area contributed by atoms with Gasteiger partial charge in [-0.15, -0.1) is 11.8 Å². The van der Waals surface area contributed by atoms with E-state index in [1.165, 1.54) is 11.2 Å². The lowest BCUT2D eigenvalue weighted by molar-refractivity contribution is 0.0989. The van der Waals surface area contributed by atoms with E-state index in [2.05, 4.69) is 23.9 Å². The van der Waals surface area contributed by atoms with Gasteiger partial charge in [-0.3, -0.25) is 4.79 Å². The summed E-state index contributed by atoms with van der Waals surface area (Å²) in [6, 6.07) is 7.78. The van der Waals surface area contributed by atoms with E-state index >= 15 is 0 Å². The van der Waals surface area contributed by atoms with Crippen LogP contribution in [0, 0.1) is 0 Å². The number of nitrogens with zero attached hydrogens (tertiary/aromatic N) is 3. The fourth-order valence-corrected chi connectivity index (χ4v) is 2.63. The van der Waals surface area contributed by atoms with Gasteiger partial charge in [0.2, 0.25) is 0 Å². The van der Waals surface area contributed by atoms with E-state index < -0.39 is 0 Å². The van der Waals surface area contributed by atoms with Gasteiger partial charge in [-0.25, -0.2) is 9.67 Å². The van der Waals surface area contributed by atoms with Crippen LogP contribution in [0.5, 0.6) is 0 Å². The second-order valence-corrected chi connectivity index (χ2v) is 5.79. The van der Waals surface area contributed by atoms with Crippen LogP contribution in [0.3, 0.4) is 0 Å². The highest BCUT2D eigenvalue weighted by Crippen LogP contribution is 2.18. The van der Waals surface area contributed by atoms with Crippen LogP contribution in [0.2, 0.25) is 0 Å². The minimum atomic E-state index is 0.0865. The van der Waals surface area contributed by atoms with Crippen molar-refractivity contribution in [2.75, 3.05) is 5.75 Å². The number of carbonyl (C=O) groups excluding carboxylic acids is 1. The Morgan fingerprint density at radius 3 is 2.65 bits per heavy atom. The number of hydrogen-bond donors (Lipinski definition) is 0. The Morgan fingerprint density at radius 2 is 2.00 bits per heavy atom. The number of rotatable bonds is 7. The molecule has 0 spiro atoms. The fourth-order valence-electron chi connectivity index (χ4n) is 1.97. The van der Waals surface area contributed by atoms with Crippen molar-refractivity contribution < 1.29 is 4.79 Å². The molecule has 0 saturated heterocycles. The molecule has 106 valence electrons. The van der Waals surface area contributed by atoms with Crippen molar-refractivity contribution >= 4 is 17.5 Å². The van der Waals surface area contributed by atoms with Gasteiger partial charge < -0.3 is 0 Å². The van der Waals surface area contributed by atoms with Crippen molar-refractivity contribution in [3.8, 4) is 0 Å². The quantitative estimate of drug-likeness (QED) is 0.580. The Balaban J connectivity index is 2.05. The van der Waals surface area contributed by atoms with Gasteiger partial charge in [0.25, 0.3) is 0 Å². The molecule has 0 amide bonds. The van der Waals surface area contributed by atoms with Gasteiger partial charge in [-0.1, -0.05) is 26.0 Å². The summed E-state index contributed by atoms with van der Waals surface area (Å²) in [6.45, 7) is 5.00. The summed E-state index contributed by atoms with van der Waals surface area (Å²) in [5.74, 6) is 1.86. The zero-order valence-corrected chi connectivity index (χ0v) is 12.7. The average Bonchev–Trinajstić information content (AvgIpc) is 2.88. The monoisotopic (exact) mass is 289 g/mol. The zero-order chi connectivity index (χ0) is 14.4. The largest absolute Gasteiger partial charge is 0.294 e. The first-order valence-corrected chi connectivity index (χ1v) is 7.86. The lowest BCUT2D eigenvalue weighted by Gasteiger charge is -2.05. The number of hydrogen-bond acceptors (Lipinski definition) is 4. The topological polar surface area (TPSA) is 47.8 Å². The van der Waals surface area contributed by atoms with Crippen molar-refractivity contribution in [1.82, 2.24) is 14.8 Å². The lowest BCUT2D eigenvalue weighted by atomic mass is 10.1. The highest BCUT2D eigenvalue weighted by atomic mass is 32.2. The third-order valence-corrected chi connectivity index (χ3v) is 3.83. The van der Waals surface area contributed by atoms with E-state index in [1.807, 2.05) is 24.3 Å². The standard InChI is InChI=1S/C15H19N3OS/c1-3-9-18-15(16-11-17-18)10-14(19)12-5-7-13(8-6-12)20-4-2/h5-8,11H,3-4,9-10H2,1-2H3. The van der Waals surface area contributed by atoms with E-state index in [0.29, 0.717) is 6.42 Å². The van der Waals surface area contributed by atoms with Crippen LogP contribution >= 0.6 is 11.8 Å². The summed E-state index contributed by atoms with van der Waals surface area (Å²) in [4.78, 5) is 17.6. The highest BCUT2D eigenvalue weighted by molar-refractivity contribution is 7.99. The van der Waals surface area contributed by atoms with E-state index in [0.717, 1.165) is 30.1 Å². The smallest absolute Gasteiger partial charge is 0.170 e. The number of aryl methyl sites for hydroxylation is 1. The molecule has 0 fully saturated rings. The second kappa shape index (κ2) is 7.24. The molecule has 4 nitrogen and oxygen atoms in total. The second-order valence-electron chi connectivity index (χ2n) is 4.46. The SMILES string of the molecule is CCCn1ncnc1CC(=O)c1ccc(SCC)cc1. The van der Waals surface area contributed by atoms with Crippen LogP contribution in [-0.2, 0) is 13.0 Å². The van der Waals surface area contributed by atoms with Gasteiger partial charge in [0, 0.05) is 17.0 Å².